The normalized spacial score (nSPS) is 19.1. The van der Waals surface area contributed by atoms with Gasteiger partial charge in [-0.1, -0.05) is 39.8 Å². The minimum absolute atomic E-state index is 0.0294. The Bertz CT molecular complexity index is 1310. The molecule has 6 nitrogen and oxygen atoms in total. The summed E-state index contributed by atoms with van der Waals surface area (Å²) in [5, 5.41) is 0. The predicted molar refractivity (Wildman–Crippen MR) is 156 cm³/mol. The number of pyridine rings is 1. The smallest absolute Gasteiger partial charge is 0.163 e. The lowest BCUT2D eigenvalue weighted by Crippen LogP contribution is -2.50. The Morgan fingerprint density at radius 1 is 1.00 bits per heavy atom. The number of methoxy groups -OCH3 is 1. The van der Waals surface area contributed by atoms with Gasteiger partial charge < -0.3 is 14.5 Å². The highest BCUT2D eigenvalue weighted by Crippen LogP contribution is 2.39. The average Bonchev–Trinajstić information content (AvgIpc) is 2.87. The largest absolute Gasteiger partial charge is 0.381 e. The maximum atomic E-state index is 5.87. The molecule has 2 aromatic heterocycles. The van der Waals surface area contributed by atoms with E-state index in [1.54, 1.807) is 0 Å². The fourth-order valence-electron chi connectivity index (χ4n) is 6.29. The van der Waals surface area contributed by atoms with Crippen LogP contribution in [0.2, 0.25) is 0 Å². The molecule has 1 atom stereocenters. The van der Waals surface area contributed by atoms with E-state index >= 15 is 0 Å². The lowest BCUT2D eigenvalue weighted by atomic mass is 9.81. The van der Waals surface area contributed by atoms with Crippen molar-refractivity contribution in [2.75, 3.05) is 36.5 Å². The molecule has 0 N–H and O–H groups in total. The number of aryl methyl sites for hydroxylation is 3. The molecule has 0 saturated carbocycles. The van der Waals surface area contributed by atoms with Gasteiger partial charge in [0.1, 0.15) is 5.82 Å². The number of piperidine rings is 1. The van der Waals surface area contributed by atoms with Gasteiger partial charge >= 0.3 is 0 Å². The molecule has 0 radical (unpaired) electrons. The van der Waals surface area contributed by atoms with Gasteiger partial charge in [-0.05, 0) is 61.9 Å². The van der Waals surface area contributed by atoms with E-state index in [4.69, 9.17) is 14.7 Å². The summed E-state index contributed by atoms with van der Waals surface area (Å²) in [5.41, 5.74) is 9.71. The van der Waals surface area contributed by atoms with E-state index in [0.29, 0.717) is 5.92 Å². The molecule has 2 aliphatic heterocycles. The van der Waals surface area contributed by atoms with E-state index in [0.717, 1.165) is 61.9 Å². The van der Waals surface area contributed by atoms with Crippen LogP contribution in [0.3, 0.4) is 0 Å². The average molecular weight is 514 g/mol. The number of hydrogen-bond acceptors (Lipinski definition) is 6. The van der Waals surface area contributed by atoms with Crippen LogP contribution >= 0.6 is 0 Å². The topological polar surface area (TPSA) is 54.4 Å². The molecule has 5 rings (SSSR count). The lowest BCUT2D eigenvalue weighted by molar-refractivity contribution is -0.00647. The Hall–Kier alpha value is -2.99. The maximum Gasteiger partial charge on any atom is 0.163 e. The van der Waals surface area contributed by atoms with E-state index < -0.39 is 0 Å². The van der Waals surface area contributed by atoms with Gasteiger partial charge in [0.05, 0.1) is 11.8 Å². The van der Waals surface area contributed by atoms with Crippen molar-refractivity contribution in [2.24, 2.45) is 5.41 Å². The molecule has 1 aromatic carbocycles. The van der Waals surface area contributed by atoms with Crippen LogP contribution in [-0.4, -0.2) is 47.8 Å². The van der Waals surface area contributed by atoms with Crippen LogP contribution in [0.4, 0.5) is 11.5 Å². The summed E-state index contributed by atoms with van der Waals surface area (Å²) in [4.78, 5) is 20.1. The lowest BCUT2D eigenvalue weighted by Gasteiger charge is -2.45. The van der Waals surface area contributed by atoms with Gasteiger partial charge in [0.25, 0.3) is 0 Å². The van der Waals surface area contributed by atoms with Gasteiger partial charge in [0.15, 0.2) is 5.82 Å². The number of anilines is 2. The number of nitrogens with zero attached hydrogens (tertiary/aromatic N) is 5. The number of hydrogen-bond donors (Lipinski definition) is 0. The third-order valence-electron chi connectivity index (χ3n) is 8.57. The highest BCUT2D eigenvalue weighted by Gasteiger charge is 2.38. The molecule has 2 aliphatic rings. The molecule has 4 heterocycles. The van der Waals surface area contributed by atoms with E-state index in [-0.39, 0.29) is 11.5 Å². The second-order valence-electron chi connectivity index (χ2n) is 12.2. The number of ether oxygens (including phenoxy) is 1. The Balaban J connectivity index is 1.61. The molecule has 0 spiro atoms. The molecule has 0 bridgehead atoms. The van der Waals surface area contributed by atoms with Gasteiger partial charge in [0, 0.05) is 73.8 Å². The summed E-state index contributed by atoms with van der Waals surface area (Å²) < 4.78 is 5.87. The van der Waals surface area contributed by atoms with Crippen molar-refractivity contribution in [2.45, 2.75) is 79.9 Å². The highest BCUT2D eigenvalue weighted by atomic mass is 16.5. The van der Waals surface area contributed by atoms with E-state index in [2.05, 4.69) is 87.5 Å². The molecule has 0 unspecified atom stereocenters. The second kappa shape index (κ2) is 10.3. The SMILES string of the molecule is CO[C@@H]1CCN(c2nc(-c3c(C)ccnc3C)nc3c2CN(c2cc(C(C)C)ccc2C)CC3)CC1(C)C. The fourth-order valence-corrected chi connectivity index (χ4v) is 6.29. The molecule has 3 aromatic rings. The van der Waals surface area contributed by atoms with Crippen LogP contribution in [0.5, 0.6) is 0 Å². The minimum Gasteiger partial charge on any atom is -0.381 e. The number of rotatable bonds is 5. The molecular weight excluding hydrogens is 470 g/mol. The maximum absolute atomic E-state index is 5.87. The highest BCUT2D eigenvalue weighted by molar-refractivity contribution is 5.67. The van der Waals surface area contributed by atoms with Crippen molar-refractivity contribution >= 4 is 11.5 Å². The summed E-state index contributed by atoms with van der Waals surface area (Å²) >= 11 is 0. The first-order chi connectivity index (χ1) is 18.1. The number of aromatic nitrogens is 3. The fraction of sp³-hybridized carbons (Fsp3) is 0.531. The summed E-state index contributed by atoms with van der Waals surface area (Å²) in [6.45, 7) is 19.2. The summed E-state index contributed by atoms with van der Waals surface area (Å²) in [5.74, 6) is 2.39. The van der Waals surface area contributed by atoms with Gasteiger partial charge in [-0.15, -0.1) is 0 Å². The third-order valence-corrected chi connectivity index (χ3v) is 8.57. The van der Waals surface area contributed by atoms with Gasteiger partial charge in [0.2, 0.25) is 0 Å². The van der Waals surface area contributed by atoms with Gasteiger partial charge in [-0.3, -0.25) is 4.98 Å². The van der Waals surface area contributed by atoms with Crippen LogP contribution in [-0.2, 0) is 17.7 Å². The molecule has 6 heteroatoms. The zero-order valence-electron chi connectivity index (χ0n) is 24.4. The molecule has 38 heavy (non-hydrogen) atoms. The summed E-state index contributed by atoms with van der Waals surface area (Å²) in [6, 6.07) is 8.98. The van der Waals surface area contributed by atoms with Crippen LogP contribution in [0, 0.1) is 26.2 Å². The van der Waals surface area contributed by atoms with E-state index in [9.17, 15) is 0 Å². The summed E-state index contributed by atoms with van der Waals surface area (Å²) in [6.07, 6.45) is 4.01. The van der Waals surface area contributed by atoms with Crippen molar-refractivity contribution in [1.29, 1.82) is 0 Å². The number of benzene rings is 1. The third kappa shape index (κ3) is 4.91. The first-order valence-electron chi connectivity index (χ1n) is 14.0. The summed E-state index contributed by atoms with van der Waals surface area (Å²) in [7, 11) is 1.84. The first kappa shape index (κ1) is 26.6. The number of fused-ring (bicyclic) bond motifs is 1. The second-order valence-corrected chi connectivity index (χ2v) is 12.2. The van der Waals surface area contributed by atoms with E-state index in [1.807, 2.05) is 13.3 Å². The van der Waals surface area contributed by atoms with Crippen LogP contribution in [0.1, 0.15) is 73.7 Å². The molecule has 0 amide bonds. The van der Waals surface area contributed by atoms with Gasteiger partial charge in [-0.2, -0.15) is 0 Å². The van der Waals surface area contributed by atoms with Crippen molar-refractivity contribution in [3.05, 3.63) is 64.1 Å². The van der Waals surface area contributed by atoms with Crippen molar-refractivity contribution < 1.29 is 4.74 Å². The Morgan fingerprint density at radius 3 is 2.47 bits per heavy atom. The predicted octanol–water partition coefficient (Wildman–Crippen LogP) is 6.40. The van der Waals surface area contributed by atoms with Crippen molar-refractivity contribution in [3.8, 4) is 11.4 Å². The Kier molecular flexibility index (Phi) is 7.21. The molecular formula is C32H43N5O. The van der Waals surface area contributed by atoms with Crippen molar-refractivity contribution in [3.63, 3.8) is 0 Å². The van der Waals surface area contributed by atoms with Gasteiger partial charge in [-0.25, -0.2) is 9.97 Å². The van der Waals surface area contributed by atoms with E-state index in [1.165, 1.54) is 33.6 Å². The van der Waals surface area contributed by atoms with Crippen LogP contribution in [0.25, 0.3) is 11.4 Å². The molecule has 0 aliphatic carbocycles. The standard InChI is InChI=1S/C32H43N5O/c1-20(2)24-10-9-21(3)27(17-24)36-15-12-26-25(18-36)31(37-16-13-28(38-8)32(6,7)19-37)35-30(34-26)29-22(4)11-14-33-23(29)5/h9-11,14,17,20,28H,12-13,15-16,18-19H2,1-8H3/t28-/m1/s1. The quantitative estimate of drug-likeness (QED) is 0.393. The Labute approximate surface area is 228 Å². The monoisotopic (exact) mass is 513 g/mol. The molecule has 1 fully saturated rings. The minimum atomic E-state index is 0.0294. The molecule has 1 saturated heterocycles. The zero-order chi connectivity index (χ0) is 27.2. The zero-order valence-corrected chi connectivity index (χ0v) is 24.4. The van der Waals surface area contributed by atoms with Crippen LogP contribution in [0.15, 0.2) is 30.5 Å². The van der Waals surface area contributed by atoms with Crippen molar-refractivity contribution in [1.82, 2.24) is 15.0 Å². The van der Waals surface area contributed by atoms with Crippen LogP contribution < -0.4 is 9.80 Å². The first-order valence-corrected chi connectivity index (χ1v) is 14.0. The molecule has 202 valence electrons. The Morgan fingerprint density at radius 2 is 1.79 bits per heavy atom.